The fourth-order valence-electron chi connectivity index (χ4n) is 4.62. The molecule has 0 aliphatic rings. The molecule has 3 atom stereocenters. The van der Waals surface area contributed by atoms with Crippen LogP contribution in [0.1, 0.15) is 142 Å². The average Bonchev–Trinajstić information content (AvgIpc) is 3.12. The number of ether oxygens (including phenoxy) is 2. The Morgan fingerprint density at radius 1 is 0.596 bits per heavy atom. The molecule has 0 aliphatic carbocycles. The first-order valence-corrected chi connectivity index (χ1v) is 20.8. The zero-order chi connectivity index (χ0) is 38.5. The average molecular weight is 754 g/mol. The first-order valence-electron chi connectivity index (χ1n) is 19.3. The topological polar surface area (TPSA) is 172 Å². The number of carbonyl (C=O) groups excluding carboxylic acids is 2. The minimum Gasteiger partial charge on any atom is -0.480 e. The van der Waals surface area contributed by atoms with Gasteiger partial charge >= 0.3 is 25.7 Å². The van der Waals surface area contributed by atoms with E-state index in [-0.39, 0.29) is 19.4 Å². The van der Waals surface area contributed by atoms with Gasteiger partial charge in [-0.05, 0) is 70.6 Å². The molecule has 11 nitrogen and oxygen atoms in total. The van der Waals surface area contributed by atoms with Crippen LogP contribution in [0.15, 0.2) is 60.8 Å². The zero-order valence-electron chi connectivity index (χ0n) is 31.9. The summed E-state index contributed by atoms with van der Waals surface area (Å²) in [5.41, 5.74) is 5.31. The van der Waals surface area contributed by atoms with E-state index in [2.05, 4.69) is 67.0 Å². The van der Waals surface area contributed by atoms with Crippen LogP contribution in [-0.4, -0.2) is 59.9 Å². The van der Waals surface area contributed by atoms with Crippen LogP contribution in [0.25, 0.3) is 0 Å². The van der Waals surface area contributed by atoms with Crippen LogP contribution >= 0.6 is 7.82 Å². The monoisotopic (exact) mass is 753 g/mol. The van der Waals surface area contributed by atoms with Gasteiger partial charge in [0.2, 0.25) is 0 Å². The van der Waals surface area contributed by atoms with Gasteiger partial charge in [-0.1, -0.05) is 120 Å². The van der Waals surface area contributed by atoms with Crippen molar-refractivity contribution in [1.29, 1.82) is 0 Å². The number of carbonyl (C=O) groups is 3. The summed E-state index contributed by atoms with van der Waals surface area (Å²) < 4.78 is 32.5. The molecule has 0 aliphatic heterocycles. The van der Waals surface area contributed by atoms with E-state index in [9.17, 15) is 23.8 Å². The normalized spacial score (nSPS) is 14.5. The number of rotatable bonds is 35. The molecule has 0 aromatic heterocycles. The second kappa shape index (κ2) is 35.2. The molecular formula is C40H68NO10P. The minimum atomic E-state index is -4.73. The Morgan fingerprint density at radius 3 is 1.65 bits per heavy atom. The van der Waals surface area contributed by atoms with Crippen LogP contribution in [0.3, 0.4) is 0 Å². The number of phosphoric acid groups is 1. The Kier molecular flexibility index (Phi) is 33.3. The Hall–Kier alpha value is -2.82. The first-order chi connectivity index (χ1) is 25.1. The molecule has 4 N–H and O–H groups in total. The van der Waals surface area contributed by atoms with Crippen LogP contribution < -0.4 is 5.73 Å². The van der Waals surface area contributed by atoms with E-state index in [0.717, 1.165) is 64.2 Å². The van der Waals surface area contributed by atoms with E-state index in [1.54, 1.807) is 0 Å². The van der Waals surface area contributed by atoms with Crippen LogP contribution in [0.4, 0.5) is 0 Å². The highest BCUT2D eigenvalue weighted by molar-refractivity contribution is 7.47. The second-order valence-electron chi connectivity index (χ2n) is 12.7. The zero-order valence-corrected chi connectivity index (χ0v) is 32.8. The Bertz CT molecular complexity index is 1120. The van der Waals surface area contributed by atoms with Gasteiger partial charge in [-0.2, -0.15) is 0 Å². The highest BCUT2D eigenvalue weighted by Gasteiger charge is 2.28. The quantitative estimate of drug-likeness (QED) is 0.0244. The number of hydrogen-bond acceptors (Lipinski definition) is 9. The Morgan fingerprint density at radius 2 is 1.06 bits per heavy atom. The smallest absolute Gasteiger partial charge is 0.472 e. The fraction of sp³-hybridized carbons (Fsp3) is 0.675. The fourth-order valence-corrected chi connectivity index (χ4v) is 5.40. The summed E-state index contributed by atoms with van der Waals surface area (Å²) in [7, 11) is -4.73. The number of carboxylic acid groups (broad SMARTS) is 1. The standard InChI is InChI=1S/C40H68NO10P/c1-3-5-7-9-11-13-15-16-17-18-19-20-22-23-25-27-29-31-38(42)48-33-36(34-49-52(46,47)50-35-37(41)40(44)45)51-39(43)32-30-28-26-24-21-14-12-10-8-6-4-2/h10-13,16-17,19-20,23,25,36-37H,3-9,14-15,18,21-22,24,26-35,41H2,1-2H3,(H,44,45)(H,46,47)/b12-10-,13-11-,17-16-,20-19-,25-23-/t36-,37+/m1/s1. The van der Waals surface area contributed by atoms with Gasteiger partial charge in [0.25, 0.3) is 0 Å². The van der Waals surface area contributed by atoms with E-state index in [4.69, 9.17) is 24.8 Å². The van der Waals surface area contributed by atoms with Crippen molar-refractivity contribution < 1.29 is 47.5 Å². The number of esters is 2. The molecular weight excluding hydrogens is 685 g/mol. The number of carboxylic acids is 1. The molecule has 0 aromatic rings. The predicted molar refractivity (Wildman–Crippen MR) is 208 cm³/mol. The lowest BCUT2D eigenvalue weighted by Gasteiger charge is -2.20. The maximum atomic E-state index is 12.5. The number of hydrogen-bond donors (Lipinski definition) is 3. The number of nitrogens with two attached hydrogens (primary N) is 1. The van der Waals surface area contributed by atoms with Crippen molar-refractivity contribution in [2.45, 2.75) is 154 Å². The molecule has 12 heteroatoms. The van der Waals surface area contributed by atoms with Crippen molar-refractivity contribution in [3.8, 4) is 0 Å². The van der Waals surface area contributed by atoms with Gasteiger partial charge < -0.3 is 25.2 Å². The first kappa shape index (κ1) is 49.2. The molecule has 0 fully saturated rings. The number of phosphoric ester groups is 1. The molecule has 0 heterocycles. The number of unbranched alkanes of at least 4 members (excludes halogenated alkanes) is 11. The van der Waals surface area contributed by atoms with Crippen molar-refractivity contribution in [2.24, 2.45) is 5.73 Å². The molecule has 0 rings (SSSR count). The number of aliphatic carboxylic acids is 1. The van der Waals surface area contributed by atoms with Gasteiger partial charge in [0.05, 0.1) is 13.2 Å². The van der Waals surface area contributed by atoms with E-state index in [1.165, 1.54) is 32.1 Å². The van der Waals surface area contributed by atoms with E-state index >= 15 is 0 Å². The highest BCUT2D eigenvalue weighted by Crippen LogP contribution is 2.43. The van der Waals surface area contributed by atoms with Crippen molar-refractivity contribution in [1.82, 2.24) is 0 Å². The number of allylic oxidation sites excluding steroid dienone is 10. The van der Waals surface area contributed by atoms with Crippen LogP contribution in [0.2, 0.25) is 0 Å². The molecule has 0 saturated carbocycles. The largest absolute Gasteiger partial charge is 0.480 e. The van der Waals surface area contributed by atoms with Gasteiger partial charge in [-0.25, -0.2) is 4.57 Å². The lowest BCUT2D eigenvalue weighted by Crippen LogP contribution is -2.34. The van der Waals surface area contributed by atoms with Crippen LogP contribution in [0, 0.1) is 0 Å². The molecule has 0 aromatic carbocycles. The lowest BCUT2D eigenvalue weighted by atomic mass is 10.1. The van der Waals surface area contributed by atoms with Gasteiger partial charge in [-0.15, -0.1) is 0 Å². The van der Waals surface area contributed by atoms with E-state index in [1.807, 2.05) is 12.2 Å². The lowest BCUT2D eigenvalue weighted by molar-refractivity contribution is -0.161. The summed E-state index contributed by atoms with van der Waals surface area (Å²) in [5.74, 6) is -2.47. The molecule has 1 unspecified atom stereocenters. The third-order valence-corrected chi connectivity index (χ3v) is 8.69. The Balaban J connectivity index is 4.54. The maximum Gasteiger partial charge on any atom is 0.472 e. The van der Waals surface area contributed by atoms with E-state index in [0.29, 0.717) is 19.3 Å². The van der Waals surface area contributed by atoms with Crippen molar-refractivity contribution in [3.05, 3.63) is 60.8 Å². The van der Waals surface area contributed by atoms with Crippen molar-refractivity contribution in [2.75, 3.05) is 19.8 Å². The van der Waals surface area contributed by atoms with Crippen LogP contribution in [0.5, 0.6) is 0 Å². The van der Waals surface area contributed by atoms with Crippen molar-refractivity contribution >= 4 is 25.7 Å². The van der Waals surface area contributed by atoms with Gasteiger partial charge in [0.1, 0.15) is 12.6 Å². The second-order valence-corrected chi connectivity index (χ2v) is 14.2. The van der Waals surface area contributed by atoms with Crippen LogP contribution in [-0.2, 0) is 37.5 Å². The summed E-state index contributed by atoms with van der Waals surface area (Å²) >= 11 is 0. The minimum absolute atomic E-state index is 0.136. The summed E-state index contributed by atoms with van der Waals surface area (Å²) in [6.45, 7) is 2.63. The third-order valence-electron chi connectivity index (χ3n) is 7.74. The molecule has 298 valence electrons. The molecule has 0 radical (unpaired) electrons. The van der Waals surface area contributed by atoms with Crippen molar-refractivity contribution in [3.63, 3.8) is 0 Å². The molecule has 0 spiro atoms. The molecule has 52 heavy (non-hydrogen) atoms. The molecule has 0 saturated heterocycles. The molecule has 0 amide bonds. The molecule has 0 bridgehead atoms. The SMILES string of the molecule is CCCC/C=C\CCCCCCCC(=O)O[C@H](COC(=O)CCC/C=C\C/C=C\C/C=C\C/C=C\CCCCC)COP(=O)(O)OC[C@H](N)C(=O)O. The summed E-state index contributed by atoms with van der Waals surface area (Å²) in [6, 6.07) is -1.53. The highest BCUT2D eigenvalue weighted by atomic mass is 31.2. The summed E-state index contributed by atoms with van der Waals surface area (Å²) in [4.78, 5) is 45.7. The van der Waals surface area contributed by atoms with Gasteiger partial charge in [0, 0.05) is 12.8 Å². The third kappa shape index (κ3) is 34.3. The van der Waals surface area contributed by atoms with Gasteiger partial charge in [-0.3, -0.25) is 23.4 Å². The maximum absolute atomic E-state index is 12.5. The summed E-state index contributed by atoms with van der Waals surface area (Å²) in [6.07, 6.45) is 38.7. The van der Waals surface area contributed by atoms with E-state index < -0.39 is 51.1 Å². The van der Waals surface area contributed by atoms with Gasteiger partial charge in [0.15, 0.2) is 6.10 Å². The predicted octanol–water partition coefficient (Wildman–Crippen LogP) is 9.61. The Labute approximate surface area is 313 Å². The summed E-state index contributed by atoms with van der Waals surface area (Å²) in [5, 5.41) is 8.85.